The Morgan fingerprint density at radius 2 is 2.06 bits per heavy atom. The number of aromatic nitrogens is 2. The average Bonchev–Trinajstić information content (AvgIpc) is 2.89. The van der Waals surface area contributed by atoms with Gasteiger partial charge in [0.05, 0.1) is 22.3 Å². The molecule has 3 heterocycles. The quantitative estimate of drug-likeness (QED) is 0.579. The molecule has 10 heteroatoms. The van der Waals surface area contributed by atoms with Crippen molar-refractivity contribution in [2.45, 2.75) is 32.0 Å². The van der Waals surface area contributed by atoms with Crippen LogP contribution in [0.1, 0.15) is 24.5 Å². The fourth-order valence-corrected chi connectivity index (χ4v) is 4.20. The summed E-state index contributed by atoms with van der Waals surface area (Å²) in [5, 5.41) is 6.27. The number of allylic oxidation sites excluding steroid dienone is 1. The van der Waals surface area contributed by atoms with Gasteiger partial charge in [-0.05, 0) is 51.2 Å². The number of rotatable bonds is 5. The van der Waals surface area contributed by atoms with Gasteiger partial charge in [-0.2, -0.15) is 13.2 Å². The van der Waals surface area contributed by atoms with Crippen LogP contribution in [0.3, 0.4) is 0 Å². The third-order valence-electron chi connectivity index (χ3n) is 5.97. The Bertz CT molecular complexity index is 1170. The Kier molecular flexibility index (Phi) is 6.64. The van der Waals surface area contributed by atoms with Crippen LogP contribution in [0.2, 0.25) is 0 Å². The standard InChI is InChI=1S/C24H27F3N6S/c1-14-19(9-15(13-33(14)4)7-8-32(2)3)30-23-28-12-16-10-21(34)29-20-11-17(24(25,26)27)5-6-18(20)22(16)31-23/h5-6,9,11-14H,7-8,10H2,1-4H3,(H,29,34)(H,28,30,31). The summed E-state index contributed by atoms with van der Waals surface area (Å²) in [5.41, 5.74) is 3.58. The van der Waals surface area contributed by atoms with Crippen LogP contribution >= 0.6 is 12.2 Å². The largest absolute Gasteiger partial charge is 0.416 e. The van der Waals surface area contributed by atoms with Gasteiger partial charge in [0.25, 0.3) is 0 Å². The Morgan fingerprint density at radius 3 is 2.76 bits per heavy atom. The van der Waals surface area contributed by atoms with Crippen LogP contribution in [0.4, 0.5) is 24.8 Å². The first-order valence-corrected chi connectivity index (χ1v) is 11.4. The molecule has 0 fully saturated rings. The lowest BCUT2D eigenvalue weighted by Crippen LogP contribution is -2.33. The van der Waals surface area contributed by atoms with Gasteiger partial charge in [0.2, 0.25) is 5.95 Å². The zero-order valence-electron chi connectivity index (χ0n) is 19.5. The lowest BCUT2D eigenvalue weighted by molar-refractivity contribution is -0.137. The van der Waals surface area contributed by atoms with Crippen molar-refractivity contribution in [1.82, 2.24) is 19.8 Å². The molecular weight excluding hydrogens is 461 g/mol. The highest BCUT2D eigenvalue weighted by atomic mass is 32.1. The third-order valence-corrected chi connectivity index (χ3v) is 6.21. The molecule has 4 rings (SSSR count). The number of hydrogen-bond acceptors (Lipinski definition) is 6. The summed E-state index contributed by atoms with van der Waals surface area (Å²) in [4.78, 5) is 13.9. The van der Waals surface area contributed by atoms with Gasteiger partial charge >= 0.3 is 6.18 Å². The number of nitrogens with one attached hydrogen (secondary N) is 2. The summed E-state index contributed by atoms with van der Waals surface area (Å²) in [7, 11) is 6.10. The van der Waals surface area contributed by atoms with Crippen molar-refractivity contribution in [3.63, 3.8) is 0 Å². The SMILES string of the molecule is CC1C(Nc2ncc3c(n2)-c2ccc(C(F)(F)F)cc2NC(=S)C3)=CC(CCN(C)C)=CN1C. The van der Waals surface area contributed by atoms with Crippen molar-refractivity contribution in [3.8, 4) is 11.3 Å². The van der Waals surface area contributed by atoms with Crippen molar-refractivity contribution >= 4 is 28.8 Å². The van der Waals surface area contributed by atoms with E-state index < -0.39 is 11.7 Å². The molecule has 0 spiro atoms. The van der Waals surface area contributed by atoms with Gasteiger partial charge in [0, 0.05) is 54.9 Å². The average molecular weight is 489 g/mol. The molecule has 0 radical (unpaired) electrons. The first kappa shape index (κ1) is 24.2. The van der Waals surface area contributed by atoms with Gasteiger partial charge in [-0.3, -0.25) is 0 Å². The molecule has 2 aliphatic heterocycles. The Balaban J connectivity index is 1.68. The molecule has 0 saturated carbocycles. The topological polar surface area (TPSA) is 56.3 Å². The summed E-state index contributed by atoms with van der Waals surface area (Å²) < 4.78 is 39.8. The number of hydrogen-bond donors (Lipinski definition) is 2. The highest BCUT2D eigenvalue weighted by molar-refractivity contribution is 7.80. The Morgan fingerprint density at radius 1 is 1.29 bits per heavy atom. The molecule has 0 saturated heterocycles. The maximum atomic E-state index is 13.3. The summed E-state index contributed by atoms with van der Waals surface area (Å²) in [5.74, 6) is 0.387. The number of halogens is 3. The molecule has 0 bridgehead atoms. The van der Waals surface area contributed by atoms with E-state index in [1.165, 1.54) is 11.6 Å². The first-order chi connectivity index (χ1) is 16.0. The molecule has 34 heavy (non-hydrogen) atoms. The van der Waals surface area contributed by atoms with E-state index in [-0.39, 0.29) is 6.04 Å². The number of nitrogens with zero attached hydrogens (tertiary/aromatic N) is 4. The molecule has 2 aromatic rings. The van der Waals surface area contributed by atoms with Gasteiger partial charge in [-0.1, -0.05) is 18.3 Å². The Labute approximate surface area is 202 Å². The fraction of sp³-hybridized carbons (Fsp3) is 0.375. The summed E-state index contributed by atoms with van der Waals surface area (Å²) in [6.45, 7) is 3.01. The van der Waals surface area contributed by atoms with E-state index in [9.17, 15) is 13.2 Å². The second-order valence-electron chi connectivity index (χ2n) is 8.87. The second kappa shape index (κ2) is 9.34. The van der Waals surface area contributed by atoms with E-state index in [0.717, 1.165) is 36.4 Å². The van der Waals surface area contributed by atoms with Crippen LogP contribution in [-0.4, -0.2) is 58.5 Å². The summed E-state index contributed by atoms with van der Waals surface area (Å²) in [6, 6.07) is 3.67. The first-order valence-electron chi connectivity index (χ1n) is 10.9. The maximum absolute atomic E-state index is 13.3. The van der Waals surface area contributed by atoms with Crippen LogP contribution in [0.5, 0.6) is 0 Å². The monoisotopic (exact) mass is 488 g/mol. The number of alkyl halides is 3. The van der Waals surface area contributed by atoms with Gasteiger partial charge in [-0.25, -0.2) is 9.97 Å². The number of benzene rings is 1. The minimum atomic E-state index is -4.45. The number of likely N-dealkylation sites (N-methyl/N-ethyl adjacent to an activating group) is 1. The molecule has 1 aromatic carbocycles. The smallest absolute Gasteiger partial charge is 0.372 e. The number of fused-ring (bicyclic) bond motifs is 3. The van der Waals surface area contributed by atoms with E-state index in [1.54, 1.807) is 6.20 Å². The highest BCUT2D eigenvalue weighted by Crippen LogP contribution is 2.38. The maximum Gasteiger partial charge on any atom is 0.416 e. The van der Waals surface area contributed by atoms with E-state index >= 15 is 0 Å². The molecule has 2 aliphatic rings. The predicted molar refractivity (Wildman–Crippen MR) is 133 cm³/mol. The van der Waals surface area contributed by atoms with Gasteiger partial charge in [0.1, 0.15) is 0 Å². The van der Waals surface area contributed by atoms with Crippen LogP contribution in [0.15, 0.2) is 47.9 Å². The van der Waals surface area contributed by atoms with Crippen molar-refractivity contribution in [3.05, 3.63) is 59.1 Å². The minimum absolute atomic E-state index is 0.0846. The van der Waals surface area contributed by atoms with Crippen LogP contribution in [0.25, 0.3) is 11.3 Å². The predicted octanol–water partition coefficient (Wildman–Crippen LogP) is 4.92. The number of thiocarbonyl (C=S) groups is 1. The van der Waals surface area contributed by atoms with Gasteiger partial charge in [0.15, 0.2) is 0 Å². The lowest BCUT2D eigenvalue weighted by atomic mass is 10.0. The van der Waals surface area contributed by atoms with E-state index in [4.69, 9.17) is 17.2 Å². The normalized spacial score (nSPS) is 17.9. The zero-order valence-corrected chi connectivity index (χ0v) is 20.3. The zero-order chi connectivity index (χ0) is 24.6. The van der Waals surface area contributed by atoms with E-state index in [2.05, 4.69) is 44.6 Å². The van der Waals surface area contributed by atoms with Gasteiger partial charge in [-0.15, -0.1) is 0 Å². The fourth-order valence-electron chi connectivity index (χ4n) is 3.94. The van der Waals surface area contributed by atoms with Crippen molar-refractivity contribution in [1.29, 1.82) is 0 Å². The van der Waals surface area contributed by atoms with Crippen LogP contribution in [0, 0.1) is 0 Å². The van der Waals surface area contributed by atoms with E-state index in [1.807, 2.05) is 21.1 Å². The van der Waals surface area contributed by atoms with Gasteiger partial charge < -0.3 is 20.4 Å². The molecule has 2 N–H and O–H groups in total. The number of anilines is 2. The second-order valence-corrected chi connectivity index (χ2v) is 9.37. The molecule has 1 unspecified atom stereocenters. The molecule has 1 aromatic heterocycles. The minimum Gasteiger partial charge on any atom is -0.372 e. The Hall–Kier alpha value is -2.98. The highest BCUT2D eigenvalue weighted by Gasteiger charge is 2.32. The molecule has 0 amide bonds. The van der Waals surface area contributed by atoms with Crippen molar-refractivity contribution < 1.29 is 13.2 Å². The molecule has 1 atom stereocenters. The van der Waals surface area contributed by atoms with Crippen LogP contribution < -0.4 is 10.6 Å². The van der Waals surface area contributed by atoms with Crippen LogP contribution in [-0.2, 0) is 12.6 Å². The van der Waals surface area contributed by atoms with Crippen molar-refractivity contribution in [2.24, 2.45) is 0 Å². The molecular formula is C24H27F3N6S. The third kappa shape index (κ3) is 5.23. The molecule has 0 aliphatic carbocycles. The van der Waals surface area contributed by atoms with E-state index in [0.29, 0.717) is 34.3 Å². The molecule has 180 valence electrons. The van der Waals surface area contributed by atoms with Crippen molar-refractivity contribution in [2.75, 3.05) is 38.3 Å². The summed E-state index contributed by atoms with van der Waals surface area (Å²) in [6.07, 6.45) is 2.74. The summed E-state index contributed by atoms with van der Waals surface area (Å²) >= 11 is 5.34. The lowest BCUT2D eigenvalue weighted by Gasteiger charge is -2.31. The molecule has 6 nitrogen and oxygen atoms in total.